The fourth-order valence-corrected chi connectivity index (χ4v) is 2.40. The van der Waals surface area contributed by atoms with Crippen LogP contribution in [-0.4, -0.2) is 18.1 Å². The van der Waals surface area contributed by atoms with Crippen LogP contribution in [0.4, 0.5) is 10.8 Å². The summed E-state index contributed by atoms with van der Waals surface area (Å²) in [5.74, 6) is -0.402. The first-order chi connectivity index (χ1) is 8.60. The highest BCUT2D eigenvalue weighted by atomic mass is 32.1. The lowest BCUT2D eigenvalue weighted by molar-refractivity contribution is 0.0594. The van der Waals surface area contributed by atoms with Gasteiger partial charge in [0.2, 0.25) is 0 Å². The number of rotatable bonds is 3. The van der Waals surface area contributed by atoms with Gasteiger partial charge in [-0.3, -0.25) is 0 Å². The molecule has 1 aromatic heterocycles. The Morgan fingerprint density at radius 1 is 1.39 bits per heavy atom. The van der Waals surface area contributed by atoms with E-state index in [1.165, 1.54) is 24.0 Å². The van der Waals surface area contributed by atoms with E-state index in [9.17, 15) is 4.79 Å². The maximum atomic E-state index is 11.4. The van der Waals surface area contributed by atoms with Crippen molar-refractivity contribution in [1.82, 2.24) is 4.98 Å². The van der Waals surface area contributed by atoms with Crippen LogP contribution in [0.3, 0.4) is 0 Å². The molecule has 0 atom stereocenters. The normalized spacial score (nSPS) is 10.2. The largest absolute Gasteiger partial charge is 0.464 e. The molecule has 1 aromatic carbocycles. The number of hydrogen-bond donors (Lipinski definition) is 1. The van der Waals surface area contributed by atoms with Crippen molar-refractivity contribution in [3.05, 3.63) is 40.4 Å². The second-order valence-electron chi connectivity index (χ2n) is 3.91. The Bertz CT molecular complexity index is 578. The van der Waals surface area contributed by atoms with Crippen molar-refractivity contribution in [2.24, 2.45) is 0 Å². The van der Waals surface area contributed by atoms with Crippen molar-refractivity contribution in [3.8, 4) is 0 Å². The zero-order valence-corrected chi connectivity index (χ0v) is 11.3. The number of anilines is 2. The number of nitrogens with one attached hydrogen (secondary N) is 1. The molecule has 0 saturated heterocycles. The van der Waals surface area contributed by atoms with Gasteiger partial charge < -0.3 is 10.1 Å². The highest BCUT2D eigenvalue weighted by Crippen LogP contribution is 2.26. The first-order valence-corrected chi connectivity index (χ1v) is 6.31. The Hall–Kier alpha value is -1.88. The number of ether oxygens (including phenoxy) is 1. The summed E-state index contributed by atoms with van der Waals surface area (Å²) < 4.78 is 4.68. The highest BCUT2D eigenvalue weighted by molar-refractivity contribution is 7.15. The van der Waals surface area contributed by atoms with Crippen LogP contribution in [0.25, 0.3) is 0 Å². The number of esters is 1. The number of carbonyl (C=O) groups excluding carboxylic acids is 1. The number of thiazole rings is 1. The summed E-state index contributed by atoms with van der Waals surface area (Å²) in [6.45, 7) is 3.88. The van der Waals surface area contributed by atoms with Crippen LogP contribution in [0, 0.1) is 13.8 Å². The summed E-state index contributed by atoms with van der Waals surface area (Å²) in [7, 11) is 1.36. The van der Waals surface area contributed by atoms with E-state index in [0.29, 0.717) is 10.8 Å². The maximum Gasteiger partial charge on any atom is 0.357 e. The summed E-state index contributed by atoms with van der Waals surface area (Å²) in [6, 6.07) is 7.98. The quantitative estimate of drug-likeness (QED) is 0.862. The zero-order chi connectivity index (χ0) is 13.1. The smallest absolute Gasteiger partial charge is 0.357 e. The van der Waals surface area contributed by atoms with Gasteiger partial charge in [-0.25, -0.2) is 9.78 Å². The van der Waals surface area contributed by atoms with Crippen LogP contribution >= 0.6 is 11.3 Å². The van der Waals surface area contributed by atoms with E-state index in [2.05, 4.69) is 15.0 Å². The van der Waals surface area contributed by atoms with Crippen LogP contribution in [0.15, 0.2) is 24.3 Å². The Labute approximate surface area is 110 Å². The SMILES string of the molecule is COC(=O)c1nc(Nc2cccc(C)c2)sc1C. The lowest BCUT2D eigenvalue weighted by atomic mass is 10.2. The van der Waals surface area contributed by atoms with Crippen LogP contribution in [0.1, 0.15) is 20.9 Å². The van der Waals surface area contributed by atoms with E-state index in [-0.39, 0.29) is 0 Å². The van der Waals surface area contributed by atoms with Gasteiger partial charge in [0.25, 0.3) is 0 Å². The minimum absolute atomic E-state index is 0.373. The molecular weight excluding hydrogens is 248 g/mol. The van der Waals surface area contributed by atoms with Crippen molar-refractivity contribution in [3.63, 3.8) is 0 Å². The third kappa shape index (κ3) is 2.68. The minimum Gasteiger partial charge on any atom is -0.464 e. The molecule has 0 aliphatic rings. The lowest BCUT2D eigenvalue weighted by Crippen LogP contribution is -2.03. The van der Waals surface area contributed by atoms with E-state index < -0.39 is 5.97 Å². The first kappa shape index (κ1) is 12.6. The number of hydrogen-bond acceptors (Lipinski definition) is 5. The Morgan fingerprint density at radius 3 is 2.83 bits per heavy atom. The summed E-state index contributed by atoms with van der Waals surface area (Å²) in [5.41, 5.74) is 2.50. The fraction of sp³-hybridized carbons (Fsp3) is 0.231. The molecule has 18 heavy (non-hydrogen) atoms. The lowest BCUT2D eigenvalue weighted by Gasteiger charge is -2.02. The molecule has 0 unspecified atom stereocenters. The molecule has 0 amide bonds. The second kappa shape index (κ2) is 5.18. The molecule has 2 aromatic rings. The third-order valence-electron chi connectivity index (χ3n) is 2.44. The van der Waals surface area contributed by atoms with Crippen molar-refractivity contribution >= 4 is 28.1 Å². The van der Waals surface area contributed by atoms with E-state index in [1.54, 1.807) is 0 Å². The number of nitrogens with zero attached hydrogens (tertiary/aromatic N) is 1. The van der Waals surface area contributed by atoms with Gasteiger partial charge in [0.15, 0.2) is 10.8 Å². The number of methoxy groups -OCH3 is 1. The average Bonchev–Trinajstić information content (AvgIpc) is 2.69. The number of aromatic nitrogens is 1. The molecule has 2 rings (SSSR count). The highest BCUT2D eigenvalue weighted by Gasteiger charge is 2.15. The Balaban J connectivity index is 2.23. The van der Waals surface area contributed by atoms with E-state index in [4.69, 9.17) is 0 Å². The molecule has 4 nitrogen and oxygen atoms in total. The van der Waals surface area contributed by atoms with Crippen molar-refractivity contribution in [2.45, 2.75) is 13.8 Å². The van der Waals surface area contributed by atoms with Crippen molar-refractivity contribution in [1.29, 1.82) is 0 Å². The van der Waals surface area contributed by atoms with Crippen LogP contribution in [-0.2, 0) is 4.74 Å². The van der Waals surface area contributed by atoms with Crippen molar-refractivity contribution < 1.29 is 9.53 Å². The predicted octanol–water partition coefficient (Wildman–Crippen LogP) is 3.29. The summed E-state index contributed by atoms with van der Waals surface area (Å²) in [5, 5.41) is 3.88. The molecule has 0 fully saturated rings. The van der Waals surface area contributed by atoms with Gasteiger partial charge in [0.1, 0.15) is 0 Å². The van der Waals surface area contributed by atoms with Gasteiger partial charge in [0.05, 0.1) is 7.11 Å². The first-order valence-electron chi connectivity index (χ1n) is 5.49. The van der Waals surface area contributed by atoms with E-state index in [1.807, 2.05) is 38.1 Å². The topological polar surface area (TPSA) is 51.2 Å². The van der Waals surface area contributed by atoms with Gasteiger partial charge in [-0.1, -0.05) is 12.1 Å². The number of aryl methyl sites for hydroxylation is 2. The maximum absolute atomic E-state index is 11.4. The molecule has 0 saturated carbocycles. The van der Waals surface area contributed by atoms with Crippen LogP contribution < -0.4 is 5.32 Å². The molecule has 1 N–H and O–H groups in total. The average molecular weight is 262 g/mol. The Morgan fingerprint density at radius 2 is 2.17 bits per heavy atom. The molecule has 0 bridgehead atoms. The van der Waals surface area contributed by atoms with E-state index >= 15 is 0 Å². The zero-order valence-electron chi connectivity index (χ0n) is 10.5. The molecule has 0 aliphatic heterocycles. The molecular formula is C13H14N2O2S. The second-order valence-corrected chi connectivity index (χ2v) is 5.11. The molecule has 1 heterocycles. The third-order valence-corrected chi connectivity index (χ3v) is 3.33. The molecule has 5 heteroatoms. The molecule has 0 spiro atoms. The van der Waals surface area contributed by atoms with Gasteiger partial charge in [-0.15, -0.1) is 11.3 Å². The van der Waals surface area contributed by atoms with Gasteiger partial charge >= 0.3 is 5.97 Å². The predicted molar refractivity (Wildman–Crippen MR) is 72.7 cm³/mol. The minimum atomic E-state index is -0.402. The molecule has 0 aliphatic carbocycles. The van der Waals surface area contributed by atoms with Crippen LogP contribution in [0.2, 0.25) is 0 Å². The van der Waals surface area contributed by atoms with Crippen LogP contribution in [0.5, 0.6) is 0 Å². The molecule has 94 valence electrons. The standard InChI is InChI=1S/C13H14N2O2S/c1-8-5-4-6-10(7-8)14-13-15-11(9(2)18-13)12(16)17-3/h4-7H,1-3H3,(H,14,15). The fourth-order valence-electron chi connectivity index (χ4n) is 1.58. The van der Waals surface area contributed by atoms with Gasteiger partial charge in [-0.05, 0) is 31.5 Å². The molecule has 0 radical (unpaired) electrons. The van der Waals surface area contributed by atoms with Gasteiger partial charge in [0, 0.05) is 10.6 Å². The summed E-state index contributed by atoms with van der Waals surface area (Å²) in [4.78, 5) is 16.5. The number of benzene rings is 1. The van der Waals surface area contributed by atoms with E-state index in [0.717, 1.165) is 10.6 Å². The Kier molecular flexibility index (Phi) is 3.62. The summed E-state index contributed by atoms with van der Waals surface area (Å²) >= 11 is 1.44. The van der Waals surface area contributed by atoms with Crippen molar-refractivity contribution in [2.75, 3.05) is 12.4 Å². The number of carbonyl (C=O) groups is 1. The monoisotopic (exact) mass is 262 g/mol. The summed E-state index contributed by atoms with van der Waals surface area (Å²) in [6.07, 6.45) is 0. The van der Waals surface area contributed by atoms with Gasteiger partial charge in [-0.2, -0.15) is 0 Å².